The van der Waals surface area contributed by atoms with E-state index in [0.29, 0.717) is 5.91 Å². The highest BCUT2D eigenvalue weighted by Gasteiger charge is 2.47. The number of benzene rings is 1. The number of aromatic nitrogens is 1. The number of hydrogen-bond acceptors (Lipinski definition) is 5. The molecule has 6 heteroatoms. The third-order valence-corrected chi connectivity index (χ3v) is 8.88. The molecule has 0 radical (unpaired) electrons. The molecule has 3 aliphatic rings. The number of carbonyl (C=O) groups excluding carboxylic acids is 1. The SMILES string of the molecule is O=C1N(CCCCN2CCN(c3cc4ccccc4cn3)CC2)CSC12CCCCC2. The van der Waals surface area contributed by atoms with Gasteiger partial charge in [0.15, 0.2) is 0 Å². The second kappa shape index (κ2) is 9.37. The van der Waals surface area contributed by atoms with Crippen LogP contribution in [0.15, 0.2) is 36.5 Å². The number of fused-ring (bicyclic) bond motifs is 1. The minimum atomic E-state index is -0.0502. The van der Waals surface area contributed by atoms with Crippen molar-refractivity contribution in [2.24, 2.45) is 0 Å². The molecule has 1 amide bonds. The van der Waals surface area contributed by atoms with Crippen molar-refractivity contribution in [1.82, 2.24) is 14.8 Å². The summed E-state index contributed by atoms with van der Waals surface area (Å²) < 4.78 is -0.0502. The standard InChI is InChI=1S/C25H34N4OS/c30-24-25(10-4-1-5-11-25)31-20-29(24)13-7-6-12-27-14-16-28(17-15-27)23-18-21-8-2-3-9-22(21)19-26-23/h2-3,8-9,18-19H,1,4-7,10-17,20H2. The molecule has 3 fully saturated rings. The molecule has 1 aliphatic carbocycles. The molecule has 5 rings (SSSR count). The molecule has 166 valence electrons. The normalized spacial score (nSPS) is 22.0. The lowest BCUT2D eigenvalue weighted by Crippen LogP contribution is -2.47. The van der Waals surface area contributed by atoms with Crippen LogP contribution in [0.3, 0.4) is 0 Å². The predicted octanol–water partition coefficient (Wildman–Crippen LogP) is 4.37. The van der Waals surface area contributed by atoms with Crippen LogP contribution in [0.5, 0.6) is 0 Å². The van der Waals surface area contributed by atoms with E-state index in [0.717, 1.165) is 70.2 Å². The van der Waals surface area contributed by atoms with Crippen LogP contribution in [0.2, 0.25) is 0 Å². The summed E-state index contributed by atoms with van der Waals surface area (Å²) in [5.41, 5.74) is 0. The van der Waals surface area contributed by atoms with Gasteiger partial charge in [0.2, 0.25) is 5.91 Å². The Morgan fingerprint density at radius 1 is 0.935 bits per heavy atom. The molecule has 0 bridgehead atoms. The van der Waals surface area contributed by atoms with Crippen molar-refractivity contribution in [2.45, 2.75) is 49.7 Å². The lowest BCUT2D eigenvalue weighted by atomic mass is 9.87. The van der Waals surface area contributed by atoms with Crippen LogP contribution >= 0.6 is 11.8 Å². The van der Waals surface area contributed by atoms with E-state index >= 15 is 0 Å². The van der Waals surface area contributed by atoms with Crippen LogP contribution in [-0.2, 0) is 4.79 Å². The van der Waals surface area contributed by atoms with Gasteiger partial charge >= 0.3 is 0 Å². The molecule has 0 N–H and O–H groups in total. The number of piperazine rings is 1. The Hall–Kier alpha value is -1.79. The van der Waals surface area contributed by atoms with Gasteiger partial charge in [0.1, 0.15) is 5.82 Å². The molecule has 2 aromatic rings. The first kappa shape index (κ1) is 21.1. The molecule has 0 unspecified atom stereocenters. The molecular weight excluding hydrogens is 404 g/mol. The summed E-state index contributed by atoms with van der Waals surface area (Å²) in [6, 6.07) is 10.7. The maximum absolute atomic E-state index is 12.9. The summed E-state index contributed by atoms with van der Waals surface area (Å²) in [7, 11) is 0. The number of unbranched alkanes of at least 4 members (excludes halogenated alkanes) is 1. The van der Waals surface area contributed by atoms with Crippen molar-refractivity contribution >= 4 is 34.3 Å². The summed E-state index contributed by atoms with van der Waals surface area (Å²) >= 11 is 1.92. The summed E-state index contributed by atoms with van der Waals surface area (Å²) in [5, 5.41) is 2.47. The van der Waals surface area contributed by atoms with Gasteiger partial charge < -0.3 is 9.80 Å². The predicted molar refractivity (Wildman–Crippen MR) is 130 cm³/mol. The second-order valence-corrected chi connectivity index (χ2v) is 10.7. The molecule has 0 atom stereocenters. The molecule has 3 heterocycles. The van der Waals surface area contributed by atoms with Crippen LogP contribution in [0.1, 0.15) is 44.9 Å². The number of thioether (sulfide) groups is 1. The van der Waals surface area contributed by atoms with Crippen molar-refractivity contribution in [3.63, 3.8) is 0 Å². The van der Waals surface area contributed by atoms with Gasteiger partial charge in [-0.3, -0.25) is 9.69 Å². The van der Waals surface area contributed by atoms with Crippen molar-refractivity contribution in [3.05, 3.63) is 36.5 Å². The highest BCUT2D eigenvalue weighted by atomic mass is 32.2. The fourth-order valence-electron chi connectivity index (χ4n) is 5.34. The Balaban J connectivity index is 1.04. The molecule has 2 aliphatic heterocycles. The third-order valence-electron chi connectivity index (χ3n) is 7.30. The number of nitrogens with zero attached hydrogens (tertiary/aromatic N) is 4. The van der Waals surface area contributed by atoms with E-state index in [-0.39, 0.29) is 4.75 Å². The summed E-state index contributed by atoms with van der Waals surface area (Å²) in [6.45, 7) is 6.34. The molecular formula is C25H34N4OS. The van der Waals surface area contributed by atoms with Crippen LogP contribution in [0.4, 0.5) is 5.82 Å². The monoisotopic (exact) mass is 438 g/mol. The van der Waals surface area contributed by atoms with Crippen molar-refractivity contribution < 1.29 is 4.79 Å². The van der Waals surface area contributed by atoms with Gasteiger partial charge in [-0.25, -0.2) is 4.98 Å². The first-order valence-electron chi connectivity index (χ1n) is 12.0. The number of amides is 1. The van der Waals surface area contributed by atoms with Gasteiger partial charge in [-0.1, -0.05) is 43.5 Å². The van der Waals surface area contributed by atoms with E-state index < -0.39 is 0 Å². The minimum Gasteiger partial charge on any atom is -0.354 e. The molecule has 1 saturated carbocycles. The van der Waals surface area contributed by atoms with Gasteiger partial charge in [-0.05, 0) is 43.7 Å². The van der Waals surface area contributed by atoms with E-state index in [4.69, 9.17) is 0 Å². The first-order chi connectivity index (χ1) is 15.2. The van der Waals surface area contributed by atoms with E-state index in [9.17, 15) is 4.79 Å². The smallest absolute Gasteiger partial charge is 0.239 e. The van der Waals surface area contributed by atoms with E-state index in [1.165, 1.54) is 36.5 Å². The number of hydrogen-bond donors (Lipinski definition) is 0. The van der Waals surface area contributed by atoms with Crippen molar-refractivity contribution in [1.29, 1.82) is 0 Å². The Kier molecular flexibility index (Phi) is 6.37. The quantitative estimate of drug-likeness (QED) is 0.626. The third kappa shape index (κ3) is 4.56. The van der Waals surface area contributed by atoms with Crippen molar-refractivity contribution in [3.8, 4) is 0 Å². The molecule has 1 spiro atoms. The fraction of sp³-hybridized carbons (Fsp3) is 0.600. The number of pyridine rings is 1. The lowest BCUT2D eigenvalue weighted by molar-refractivity contribution is -0.132. The van der Waals surface area contributed by atoms with Gasteiger partial charge in [-0.2, -0.15) is 0 Å². The zero-order valence-corrected chi connectivity index (χ0v) is 19.3. The van der Waals surface area contributed by atoms with Gasteiger partial charge in [-0.15, -0.1) is 11.8 Å². The Morgan fingerprint density at radius 3 is 2.48 bits per heavy atom. The zero-order chi connectivity index (χ0) is 21.1. The fourth-order valence-corrected chi connectivity index (χ4v) is 6.82. The van der Waals surface area contributed by atoms with Crippen LogP contribution in [0, 0.1) is 0 Å². The summed E-state index contributed by atoms with van der Waals surface area (Å²) in [6.07, 6.45) is 10.3. The average molecular weight is 439 g/mol. The van der Waals surface area contributed by atoms with Crippen LogP contribution < -0.4 is 4.90 Å². The van der Waals surface area contributed by atoms with Gasteiger partial charge in [0.05, 0.1) is 10.6 Å². The highest BCUT2D eigenvalue weighted by Crippen LogP contribution is 2.46. The topological polar surface area (TPSA) is 39.7 Å². The average Bonchev–Trinajstić information content (AvgIpc) is 3.12. The molecule has 5 nitrogen and oxygen atoms in total. The largest absolute Gasteiger partial charge is 0.354 e. The van der Waals surface area contributed by atoms with E-state index in [1.807, 2.05) is 18.0 Å². The van der Waals surface area contributed by atoms with Gasteiger partial charge in [0.25, 0.3) is 0 Å². The van der Waals surface area contributed by atoms with Gasteiger partial charge in [0, 0.05) is 44.3 Å². The van der Waals surface area contributed by atoms with E-state index in [1.54, 1.807) is 0 Å². The lowest BCUT2D eigenvalue weighted by Gasteiger charge is -2.35. The zero-order valence-electron chi connectivity index (χ0n) is 18.5. The molecule has 2 saturated heterocycles. The first-order valence-corrected chi connectivity index (χ1v) is 13.0. The van der Waals surface area contributed by atoms with Crippen molar-refractivity contribution in [2.75, 3.05) is 50.0 Å². The second-order valence-electron chi connectivity index (χ2n) is 9.32. The number of anilines is 1. The summed E-state index contributed by atoms with van der Waals surface area (Å²) in [4.78, 5) is 24.7. The minimum absolute atomic E-state index is 0.0502. The van der Waals surface area contributed by atoms with Crippen LogP contribution in [-0.4, -0.2) is 70.6 Å². The maximum atomic E-state index is 12.9. The Bertz CT molecular complexity index is 905. The number of rotatable bonds is 6. The number of carbonyl (C=O) groups is 1. The highest BCUT2D eigenvalue weighted by molar-refractivity contribution is 8.01. The van der Waals surface area contributed by atoms with Crippen LogP contribution in [0.25, 0.3) is 10.8 Å². The Morgan fingerprint density at radius 2 is 1.68 bits per heavy atom. The maximum Gasteiger partial charge on any atom is 0.239 e. The Labute approximate surface area is 190 Å². The molecule has 31 heavy (non-hydrogen) atoms. The summed E-state index contributed by atoms with van der Waals surface area (Å²) in [5.74, 6) is 2.45. The molecule has 1 aromatic carbocycles. The van der Waals surface area contributed by atoms with E-state index in [2.05, 4.69) is 50.0 Å². The molecule has 1 aromatic heterocycles.